The van der Waals surface area contributed by atoms with Crippen LogP contribution in [0.4, 0.5) is 10.1 Å². The summed E-state index contributed by atoms with van der Waals surface area (Å²) >= 11 is 0. The first-order valence-corrected chi connectivity index (χ1v) is 6.40. The number of rotatable bonds is 5. The number of carbonyl (C=O) groups excluding carboxylic acids is 2. The monoisotopic (exact) mass is 282 g/mol. The first kappa shape index (κ1) is 16.1. The fraction of sp³-hybridized carbons (Fsp3) is 0.429. The third kappa shape index (κ3) is 4.97. The molecule has 0 spiro atoms. The highest BCUT2D eigenvalue weighted by Gasteiger charge is 2.14. The summed E-state index contributed by atoms with van der Waals surface area (Å²) in [4.78, 5) is 23.1. The van der Waals surface area contributed by atoms with Crippen molar-refractivity contribution >= 4 is 17.5 Å². The Balaban J connectivity index is 2.49. The molecule has 0 fully saturated rings. The minimum absolute atomic E-state index is 0.0336. The lowest BCUT2D eigenvalue weighted by atomic mass is 10.1. The molecule has 6 heteroatoms. The van der Waals surface area contributed by atoms with E-state index in [9.17, 15) is 14.0 Å². The van der Waals surface area contributed by atoms with Crippen LogP contribution in [0.5, 0.6) is 0 Å². The van der Waals surface area contributed by atoms with Crippen molar-refractivity contribution in [2.45, 2.75) is 20.3 Å². The van der Waals surface area contributed by atoms with E-state index in [1.165, 1.54) is 12.1 Å². The maximum Gasteiger partial charge on any atom is 0.313 e. The molecule has 1 aromatic carbocycles. The Kier molecular flexibility index (Phi) is 6.11. The van der Waals surface area contributed by atoms with Crippen LogP contribution in [-0.4, -0.2) is 30.1 Å². The standard InChI is InChI=1S/C14H19FN2O3/c1-9(5-6-18)8-16-13(19)14(20)17-11-4-3-10(2)12(15)7-11/h3-4,7,9,18H,5-6,8H2,1-2H3,(H,16,19)(H,17,20). The van der Waals surface area contributed by atoms with Crippen molar-refractivity contribution < 1.29 is 19.1 Å². The molecular weight excluding hydrogens is 263 g/mol. The van der Waals surface area contributed by atoms with Crippen molar-refractivity contribution in [3.8, 4) is 0 Å². The van der Waals surface area contributed by atoms with E-state index in [1.807, 2.05) is 6.92 Å². The SMILES string of the molecule is Cc1ccc(NC(=O)C(=O)NCC(C)CCO)cc1F. The first-order valence-electron chi connectivity index (χ1n) is 6.40. The molecule has 20 heavy (non-hydrogen) atoms. The lowest BCUT2D eigenvalue weighted by Gasteiger charge is -2.11. The highest BCUT2D eigenvalue weighted by molar-refractivity contribution is 6.39. The van der Waals surface area contributed by atoms with Crippen molar-refractivity contribution in [1.82, 2.24) is 5.32 Å². The molecule has 0 aromatic heterocycles. The van der Waals surface area contributed by atoms with Gasteiger partial charge in [0.1, 0.15) is 5.82 Å². The average Bonchev–Trinajstić information content (AvgIpc) is 2.40. The van der Waals surface area contributed by atoms with E-state index in [-0.39, 0.29) is 18.2 Å². The Morgan fingerprint density at radius 1 is 1.35 bits per heavy atom. The van der Waals surface area contributed by atoms with Gasteiger partial charge >= 0.3 is 11.8 Å². The van der Waals surface area contributed by atoms with Crippen molar-refractivity contribution in [2.24, 2.45) is 5.92 Å². The lowest BCUT2D eigenvalue weighted by Crippen LogP contribution is -2.37. The molecule has 3 N–H and O–H groups in total. The van der Waals surface area contributed by atoms with E-state index in [0.29, 0.717) is 18.5 Å². The number of hydrogen-bond donors (Lipinski definition) is 3. The summed E-state index contributed by atoms with van der Waals surface area (Å²) in [6.07, 6.45) is 0.547. The largest absolute Gasteiger partial charge is 0.396 e. The zero-order chi connectivity index (χ0) is 15.1. The van der Waals surface area contributed by atoms with Gasteiger partial charge in [0.2, 0.25) is 0 Å². The molecule has 1 rings (SSSR count). The molecule has 0 aliphatic rings. The van der Waals surface area contributed by atoms with E-state index in [0.717, 1.165) is 6.07 Å². The van der Waals surface area contributed by atoms with Crippen LogP contribution in [-0.2, 0) is 9.59 Å². The van der Waals surface area contributed by atoms with Crippen LogP contribution in [0.25, 0.3) is 0 Å². The number of anilines is 1. The Labute approximate surface area is 117 Å². The van der Waals surface area contributed by atoms with Crippen molar-refractivity contribution in [3.05, 3.63) is 29.6 Å². The molecule has 0 aliphatic carbocycles. The van der Waals surface area contributed by atoms with Gasteiger partial charge in [-0.1, -0.05) is 13.0 Å². The Morgan fingerprint density at radius 2 is 2.05 bits per heavy atom. The van der Waals surface area contributed by atoms with Gasteiger partial charge < -0.3 is 15.7 Å². The molecule has 1 atom stereocenters. The molecule has 0 aliphatic heterocycles. The molecule has 0 saturated heterocycles. The van der Waals surface area contributed by atoms with Crippen molar-refractivity contribution in [1.29, 1.82) is 0 Å². The maximum atomic E-state index is 13.3. The summed E-state index contributed by atoms with van der Waals surface area (Å²) in [7, 11) is 0. The van der Waals surface area contributed by atoms with Crippen LogP contribution in [0, 0.1) is 18.7 Å². The van der Waals surface area contributed by atoms with Gasteiger partial charge in [-0.2, -0.15) is 0 Å². The highest BCUT2D eigenvalue weighted by atomic mass is 19.1. The quantitative estimate of drug-likeness (QED) is 0.710. The fourth-order valence-electron chi connectivity index (χ4n) is 1.53. The number of halogens is 1. The summed E-state index contributed by atoms with van der Waals surface area (Å²) in [5, 5.41) is 13.5. The van der Waals surface area contributed by atoms with Gasteiger partial charge in [0, 0.05) is 18.8 Å². The van der Waals surface area contributed by atoms with Crippen LogP contribution in [0.3, 0.4) is 0 Å². The second kappa shape index (κ2) is 7.59. The maximum absolute atomic E-state index is 13.3. The van der Waals surface area contributed by atoms with E-state index >= 15 is 0 Å². The molecular formula is C14H19FN2O3. The summed E-state index contributed by atoms with van der Waals surface area (Å²) < 4.78 is 13.3. The Morgan fingerprint density at radius 3 is 2.65 bits per heavy atom. The predicted octanol–water partition coefficient (Wildman–Crippen LogP) is 1.21. The highest BCUT2D eigenvalue weighted by Crippen LogP contribution is 2.13. The van der Waals surface area contributed by atoms with E-state index in [2.05, 4.69) is 10.6 Å². The molecule has 0 saturated carbocycles. The molecule has 110 valence electrons. The van der Waals surface area contributed by atoms with Gasteiger partial charge in [-0.15, -0.1) is 0 Å². The van der Waals surface area contributed by atoms with Crippen LogP contribution < -0.4 is 10.6 Å². The second-order valence-corrected chi connectivity index (χ2v) is 4.75. The van der Waals surface area contributed by atoms with E-state index in [4.69, 9.17) is 5.11 Å². The molecule has 0 radical (unpaired) electrons. The minimum atomic E-state index is -0.843. The molecule has 0 bridgehead atoms. The summed E-state index contributed by atoms with van der Waals surface area (Å²) in [5.41, 5.74) is 0.696. The summed E-state index contributed by atoms with van der Waals surface area (Å²) in [6, 6.07) is 4.21. The van der Waals surface area contributed by atoms with Crippen LogP contribution >= 0.6 is 0 Å². The second-order valence-electron chi connectivity index (χ2n) is 4.75. The van der Waals surface area contributed by atoms with Crippen LogP contribution in [0.2, 0.25) is 0 Å². The van der Waals surface area contributed by atoms with Gasteiger partial charge in [-0.3, -0.25) is 9.59 Å². The Bertz CT molecular complexity index is 491. The van der Waals surface area contributed by atoms with Crippen molar-refractivity contribution in [3.63, 3.8) is 0 Å². The molecule has 0 heterocycles. The summed E-state index contributed by atoms with van der Waals surface area (Å²) in [5.74, 6) is -1.99. The van der Waals surface area contributed by atoms with E-state index < -0.39 is 17.6 Å². The number of amides is 2. The molecule has 5 nitrogen and oxygen atoms in total. The third-order valence-electron chi connectivity index (χ3n) is 2.87. The van der Waals surface area contributed by atoms with Crippen LogP contribution in [0.1, 0.15) is 18.9 Å². The number of hydrogen-bond acceptors (Lipinski definition) is 3. The van der Waals surface area contributed by atoms with Crippen LogP contribution in [0.15, 0.2) is 18.2 Å². The lowest BCUT2D eigenvalue weighted by molar-refractivity contribution is -0.136. The van der Waals surface area contributed by atoms with Crippen molar-refractivity contribution in [2.75, 3.05) is 18.5 Å². The molecule has 1 aromatic rings. The number of aryl methyl sites for hydroxylation is 1. The van der Waals surface area contributed by atoms with Gasteiger partial charge in [0.05, 0.1) is 0 Å². The van der Waals surface area contributed by atoms with Gasteiger partial charge in [-0.05, 0) is 37.0 Å². The van der Waals surface area contributed by atoms with E-state index in [1.54, 1.807) is 6.92 Å². The number of aliphatic hydroxyl groups is 1. The molecule has 1 unspecified atom stereocenters. The smallest absolute Gasteiger partial charge is 0.313 e. The zero-order valence-electron chi connectivity index (χ0n) is 11.6. The fourth-order valence-corrected chi connectivity index (χ4v) is 1.53. The predicted molar refractivity (Wildman–Crippen MR) is 73.6 cm³/mol. The molecule has 2 amide bonds. The first-order chi connectivity index (χ1) is 9.43. The number of nitrogens with one attached hydrogen (secondary N) is 2. The summed E-state index contributed by atoms with van der Waals surface area (Å²) in [6.45, 7) is 3.79. The number of aliphatic hydroxyl groups excluding tert-OH is 1. The normalized spacial score (nSPS) is 11.8. The Hall–Kier alpha value is -1.95. The zero-order valence-corrected chi connectivity index (χ0v) is 11.6. The van der Waals surface area contributed by atoms with Gasteiger partial charge in [0.15, 0.2) is 0 Å². The average molecular weight is 282 g/mol. The minimum Gasteiger partial charge on any atom is -0.396 e. The topological polar surface area (TPSA) is 78.4 Å². The van der Waals surface area contributed by atoms with Gasteiger partial charge in [0.25, 0.3) is 0 Å². The third-order valence-corrected chi connectivity index (χ3v) is 2.87. The number of benzene rings is 1. The van der Waals surface area contributed by atoms with Gasteiger partial charge in [-0.25, -0.2) is 4.39 Å². The number of carbonyl (C=O) groups is 2.